The minimum Gasteiger partial charge on any atom is -0.372 e. The molecule has 3 heterocycles. The molecule has 0 aromatic rings. The zero-order valence-corrected chi connectivity index (χ0v) is 11.2. The Morgan fingerprint density at radius 3 is 2.47 bits per heavy atom. The lowest BCUT2D eigenvalue weighted by Crippen LogP contribution is -2.63. The van der Waals surface area contributed by atoms with Crippen molar-refractivity contribution in [2.45, 2.75) is 68.2 Å². The second-order valence-corrected chi connectivity index (χ2v) is 7.01. The molecule has 5 heteroatoms. The average Bonchev–Trinajstić information content (AvgIpc) is 3.05. The monoisotopic (exact) mass is 272 g/mol. The van der Waals surface area contributed by atoms with Crippen molar-refractivity contribution in [3.63, 3.8) is 0 Å². The Hall–Kier alpha value is -0.260. The number of ether oxygens (including phenoxy) is 1. The molecular formula is C14H22F2N2O. The number of morpholine rings is 1. The average molecular weight is 272 g/mol. The van der Waals surface area contributed by atoms with E-state index in [0.29, 0.717) is 25.2 Å². The quantitative estimate of drug-likeness (QED) is 0.829. The SMILES string of the molecule is FC(F)CN1CC2(C[C@H]3CC[C@@H](C2)N3)OCC12CC2. The van der Waals surface area contributed by atoms with Crippen LogP contribution in [-0.4, -0.2) is 54.2 Å². The number of alkyl halides is 2. The van der Waals surface area contributed by atoms with Crippen LogP contribution in [0.1, 0.15) is 38.5 Å². The summed E-state index contributed by atoms with van der Waals surface area (Å²) in [6, 6.07) is 1.08. The minimum atomic E-state index is -2.23. The van der Waals surface area contributed by atoms with Gasteiger partial charge in [-0.1, -0.05) is 0 Å². The molecule has 2 spiro atoms. The summed E-state index contributed by atoms with van der Waals surface area (Å²) in [5.41, 5.74) is -0.189. The van der Waals surface area contributed by atoms with Gasteiger partial charge in [0.25, 0.3) is 6.43 Å². The smallest absolute Gasteiger partial charge is 0.251 e. The minimum absolute atomic E-state index is 0.0361. The zero-order valence-electron chi connectivity index (χ0n) is 11.2. The number of rotatable bonds is 2. The molecule has 4 rings (SSSR count). The maximum atomic E-state index is 12.8. The molecule has 4 aliphatic rings. The maximum Gasteiger partial charge on any atom is 0.251 e. The Labute approximate surface area is 112 Å². The predicted octanol–water partition coefficient (Wildman–Crippen LogP) is 1.77. The number of hydrogen-bond donors (Lipinski definition) is 1. The van der Waals surface area contributed by atoms with Crippen LogP contribution in [0.25, 0.3) is 0 Å². The largest absolute Gasteiger partial charge is 0.372 e. The number of hydrogen-bond acceptors (Lipinski definition) is 3. The lowest BCUT2D eigenvalue weighted by atomic mass is 9.84. The number of piperidine rings is 1. The highest BCUT2D eigenvalue weighted by Crippen LogP contribution is 2.50. The summed E-state index contributed by atoms with van der Waals surface area (Å²) >= 11 is 0. The van der Waals surface area contributed by atoms with E-state index in [9.17, 15) is 8.78 Å². The molecule has 0 aromatic heterocycles. The summed E-state index contributed by atoms with van der Waals surface area (Å²) in [6.07, 6.45) is 4.26. The van der Waals surface area contributed by atoms with Gasteiger partial charge < -0.3 is 10.1 Å². The molecule has 1 N–H and O–H groups in total. The van der Waals surface area contributed by atoms with Crippen molar-refractivity contribution < 1.29 is 13.5 Å². The van der Waals surface area contributed by atoms with Gasteiger partial charge in [-0.3, -0.25) is 4.90 Å². The van der Waals surface area contributed by atoms with Gasteiger partial charge in [-0.2, -0.15) is 0 Å². The Bertz CT molecular complexity index is 360. The van der Waals surface area contributed by atoms with E-state index in [0.717, 1.165) is 25.7 Å². The molecule has 2 bridgehead atoms. The highest BCUT2D eigenvalue weighted by atomic mass is 19.3. The van der Waals surface area contributed by atoms with E-state index in [-0.39, 0.29) is 17.7 Å². The van der Waals surface area contributed by atoms with Gasteiger partial charge in [-0.05, 0) is 38.5 Å². The first kappa shape index (κ1) is 12.5. The van der Waals surface area contributed by atoms with Crippen molar-refractivity contribution in [2.24, 2.45) is 0 Å². The molecule has 108 valence electrons. The molecule has 3 aliphatic heterocycles. The van der Waals surface area contributed by atoms with Crippen LogP contribution in [0, 0.1) is 0 Å². The molecule has 19 heavy (non-hydrogen) atoms. The summed E-state index contributed by atoms with van der Waals surface area (Å²) in [5, 5.41) is 3.61. The summed E-state index contributed by atoms with van der Waals surface area (Å²) in [7, 11) is 0. The van der Waals surface area contributed by atoms with Gasteiger partial charge in [-0.15, -0.1) is 0 Å². The Kier molecular flexibility index (Phi) is 2.71. The molecule has 0 amide bonds. The highest BCUT2D eigenvalue weighted by molar-refractivity contribution is 5.12. The van der Waals surface area contributed by atoms with Crippen LogP contribution in [0.5, 0.6) is 0 Å². The topological polar surface area (TPSA) is 24.5 Å². The van der Waals surface area contributed by atoms with Crippen molar-refractivity contribution in [3.05, 3.63) is 0 Å². The predicted molar refractivity (Wildman–Crippen MR) is 67.4 cm³/mol. The van der Waals surface area contributed by atoms with Crippen LogP contribution in [0.3, 0.4) is 0 Å². The van der Waals surface area contributed by atoms with E-state index >= 15 is 0 Å². The fourth-order valence-corrected chi connectivity index (χ4v) is 4.42. The fourth-order valence-electron chi connectivity index (χ4n) is 4.42. The molecule has 1 aliphatic carbocycles. The van der Waals surface area contributed by atoms with Gasteiger partial charge in [0.05, 0.1) is 18.8 Å². The van der Waals surface area contributed by atoms with Crippen LogP contribution >= 0.6 is 0 Å². The standard InChI is InChI=1S/C14H22F2N2O/c15-12(16)7-18-8-14(19-9-13(18)3-4-13)5-10-1-2-11(6-14)17-10/h10-12,17H,1-9H2/t10-,11+,14?. The molecular weight excluding hydrogens is 250 g/mol. The zero-order chi connectivity index (χ0) is 13.1. The first-order chi connectivity index (χ1) is 9.09. The number of fused-ring (bicyclic) bond motifs is 2. The van der Waals surface area contributed by atoms with E-state index in [1.807, 2.05) is 4.90 Å². The Morgan fingerprint density at radius 2 is 1.89 bits per heavy atom. The van der Waals surface area contributed by atoms with Crippen molar-refractivity contribution in [2.75, 3.05) is 19.7 Å². The van der Waals surface area contributed by atoms with Crippen LogP contribution in [0.15, 0.2) is 0 Å². The first-order valence-corrected chi connectivity index (χ1v) is 7.53. The fraction of sp³-hybridized carbons (Fsp3) is 1.00. The van der Waals surface area contributed by atoms with Gasteiger partial charge in [-0.25, -0.2) is 8.78 Å². The van der Waals surface area contributed by atoms with Gasteiger partial charge in [0, 0.05) is 24.2 Å². The summed E-state index contributed by atoms with van der Waals surface area (Å²) in [6.45, 7) is 1.30. The van der Waals surface area contributed by atoms with Crippen LogP contribution in [0.4, 0.5) is 8.78 Å². The third-order valence-electron chi connectivity index (χ3n) is 5.55. The van der Waals surface area contributed by atoms with Crippen molar-refractivity contribution in [1.82, 2.24) is 10.2 Å². The van der Waals surface area contributed by atoms with Gasteiger partial charge >= 0.3 is 0 Å². The molecule has 3 atom stereocenters. The maximum absolute atomic E-state index is 12.8. The molecule has 3 saturated heterocycles. The number of halogens is 2. The summed E-state index contributed by atoms with van der Waals surface area (Å²) in [5.74, 6) is 0. The van der Waals surface area contributed by atoms with E-state index in [4.69, 9.17) is 4.74 Å². The third-order valence-corrected chi connectivity index (χ3v) is 5.55. The normalized spacial score (nSPS) is 44.4. The van der Waals surface area contributed by atoms with E-state index in [2.05, 4.69) is 5.32 Å². The lowest BCUT2D eigenvalue weighted by molar-refractivity contribution is -0.167. The third kappa shape index (κ3) is 2.10. The van der Waals surface area contributed by atoms with Crippen molar-refractivity contribution in [1.29, 1.82) is 0 Å². The second kappa shape index (κ2) is 4.12. The number of nitrogens with one attached hydrogen (secondary N) is 1. The Balaban J connectivity index is 1.52. The van der Waals surface area contributed by atoms with Crippen molar-refractivity contribution >= 4 is 0 Å². The van der Waals surface area contributed by atoms with E-state index in [1.165, 1.54) is 12.8 Å². The second-order valence-electron chi connectivity index (χ2n) is 7.01. The molecule has 0 radical (unpaired) electrons. The van der Waals surface area contributed by atoms with Gasteiger partial charge in [0.15, 0.2) is 0 Å². The van der Waals surface area contributed by atoms with Crippen LogP contribution < -0.4 is 5.32 Å². The highest BCUT2D eigenvalue weighted by Gasteiger charge is 2.57. The lowest BCUT2D eigenvalue weighted by Gasteiger charge is -2.51. The van der Waals surface area contributed by atoms with Crippen molar-refractivity contribution in [3.8, 4) is 0 Å². The molecule has 3 nitrogen and oxygen atoms in total. The molecule has 0 aromatic carbocycles. The summed E-state index contributed by atoms with van der Waals surface area (Å²) in [4.78, 5) is 2.05. The van der Waals surface area contributed by atoms with E-state index < -0.39 is 6.43 Å². The van der Waals surface area contributed by atoms with Gasteiger partial charge in [0.2, 0.25) is 0 Å². The van der Waals surface area contributed by atoms with Crippen LogP contribution in [0.2, 0.25) is 0 Å². The van der Waals surface area contributed by atoms with E-state index in [1.54, 1.807) is 0 Å². The summed E-state index contributed by atoms with van der Waals surface area (Å²) < 4.78 is 31.9. The Morgan fingerprint density at radius 1 is 1.21 bits per heavy atom. The van der Waals surface area contributed by atoms with Crippen LogP contribution in [-0.2, 0) is 4.74 Å². The molecule has 4 fully saturated rings. The molecule has 1 saturated carbocycles. The molecule has 1 unspecified atom stereocenters. The van der Waals surface area contributed by atoms with Gasteiger partial charge in [0.1, 0.15) is 0 Å². The number of nitrogens with zero attached hydrogens (tertiary/aromatic N) is 1. The first-order valence-electron chi connectivity index (χ1n) is 7.53.